The van der Waals surface area contributed by atoms with Crippen LogP contribution in [0.5, 0.6) is 0 Å². The molecule has 88 valence electrons. The van der Waals surface area contributed by atoms with E-state index in [-0.39, 0.29) is 5.91 Å². The lowest BCUT2D eigenvalue weighted by Gasteiger charge is -2.12. The van der Waals surface area contributed by atoms with Crippen LogP contribution in [0.4, 0.5) is 10.5 Å². The molecule has 0 bridgehead atoms. The van der Waals surface area contributed by atoms with Crippen LogP contribution in [-0.4, -0.2) is 29.4 Å². The SMILES string of the molecule is CC1NC(=O)N(c2ccc(C=NO)cc2)C1=O. The smallest absolute Gasteiger partial charge is 0.329 e. The number of hydrogen-bond acceptors (Lipinski definition) is 4. The quantitative estimate of drug-likeness (QED) is 0.345. The van der Waals surface area contributed by atoms with E-state index in [2.05, 4.69) is 10.5 Å². The maximum Gasteiger partial charge on any atom is 0.329 e. The van der Waals surface area contributed by atoms with Crippen molar-refractivity contribution < 1.29 is 14.8 Å². The van der Waals surface area contributed by atoms with Crippen molar-refractivity contribution in [3.63, 3.8) is 0 Å². The molecule has 0 aromatic heterocycles. The minimum absolute atomic E-state index is 0.279. The molecular weight excluding hydrogens is 222 g/mol. The number of hydrogen-bond donors (Lipinski definition) is 2. The molecule has 2 rings (SSSR count). The van der Waals surface area contributed by atoms with E-state index < -0.39 is 12.1 Å². The van der Waals surface area contributed by atoms with Gasteiger partial charge in [0.05, 0.1) is 11.9 Å². The second-order valence-corrected chi connectivity index (χ2v) is 3.68. The molecule has 0 aliphatic carbocycles. The molecule has 1 aromatic carbocycles. The van der Waals surface area contributed by atoms with Gasteiger partial charge in [0.15, 0.2) is 0 Å². The molecule has 0 spiro atoms. The van der Waals surface area contributed by atoms with Crippen molar-refractivity contribution in [2.24, 2.45) is 5.16 Å². The van der Waals surface area contributed by atoms with Crippen LogP contribution >= 0.6 is 0 Å². The number of anilines is 1. The summed E-state index contributed by atoms with van der Waals surface area (Å²) >= 11 is 0. The Hall–Kier alpha value is -2.37. The van der Waals surface area contributed by atoms with Gasteiger partial charge in [-0.25, -0.2) is 9.69 Å². The first kappa shape index (κ1) is 11.1. The Morgan fingerprint density at radius 3 is 2.47 bits per heavy atom. The summed E-state index contributed by atoms with van der Waals surface area (Å²) in [5.74, 6) is -0.279. The lowest BCUT2D eigenvalue weighted by Crippen LogP contribution is -2.30. The molecule has 1 aliphatic heterocycles. The Kier molecular flexibility index (Phi) is 2.78. The fourth-order valence-electron chi connectivity index (χ4n) is 1.63. The first-order valence-corrected chi connectivity index (χ1v) is 5.05. The van der Waals surface area contributed by atoms with Gasteiger partial charge in [-0.2, -0.15) is 0 Å². The van der Waals surface area contributed by atoms with Crippen molar-refractivity contribution >= 4 is 23.8 Å². The molecule has 1 aliphatic rings. The predicted octanol–water partition coefficient (Wildman–Crippen LogP) is 0.939. The number of imide groups is 1. The van der Waals surface area contributed by atoms with Crippen molar-refractivity contribution in [3.8, 4) is 0 Å². The van der Waals surface area contributed by atoms with Crippen LogP contribution in [-0.2, 0) is 4.79 Å². The second kappa shape index (κ2) is 4.25. The predicted molar refractivity (Wildman–Crippen MR) is 61.3 cm³/mol. The number of nitrogens with zero attached hydrogens (tertiary/aromatic N) is 2. The topological polar surface area (TPSA) is 82.0 Å². The van der Waals surface area contributed by atoms with Gasteiger partial charge >= 0.3 is 6.03 Å². The molecule has 6 heteroatoms. The van der Waals surface area contributed by atoms with E-state index in [1.165, 1.54) is 6.21 Å². The van der Waals surface area contributed by atoms with E-state index in [1.54, 1.807) is 31.2 Å². The van der Waals surface area contributed by atoms with E-state index in [1.807, 2.05) is 0 Å². The highest BCUT2D eigenvalue weighted by Gasteiger charge is 2.35. The summed E-state index contributed by atoms with van der Waals surface area (Å²) in [4.78, 5) is 24.3. The molecule has 1 unspecified atom stereocenters. The number of oxime groups is 1. The fraction of sp³-hybridized carbons (Fsp3) is 0.182. The number of carbonyl (C=O) groups is 2. The number of rotatable bonds is 2. The Bertz CT molecular complexity index is 481. The molecule has 3 amide bonds. The summed E-state index contributed by atoms with van der Waals surface area (Å²) in [7, 11) is 0. The number of amides is 3. The summed E-state index contributed by atoms with van der Waals surface area (Å²) in [5, 5.41) is 13.8. The third-order valence-corrected chi connectivity index (χ3v) is 2.49. The molecule has 6 nitrogen and oxygen atoms in total. The fourth-order valence-corrected chi connectivity index (χ4v) is 1.63. The lowest BCUT2D eigenvalue weighted by molar-refractivity contribution is -0.117. The maximum absolute atomic E-state index is 11.7. The second-order valence-electron chi connectivity index (χ2n) is 3.68. The van der Waals surface area contributed by atoms with Crippen LogP contribution in [0, 0.1) is 0 Å². The van der Waals surface area contributed by atoms with E-state index in [4.69, 9.17) is 5.21 Å². The average Bonchev–Trinajstić information content (AvgIpc) is 2.55. The van der Waals surface area contributed by atoms with Crippen LogP contribution in [0.3, 0.4) is 0 Å². The minimum Gasteiger partial charge on any atom is -0.411 e. The van der Waals surface area contributed by atoms with Crippen molar-refractivity contribution in [2.45, 2.75) is 13.0 Å². The first-order valence-electron chi connectivity index (χ1n) is 5.05. The lowest BCUT2D eigenvalue weighted by atomic mass is 10.2. The number of urea groups is 1. The van der Waals surface area contributed by atoms with Crippen LogP contribution in [0.1, 0.15) is 12.5 Å². The van der Waals surface area contributed by atoms with Gasteiger partial charge in [0.1, 0.15) is 6.04 Å². The van der Waals surface area contributed by atoms with E-state index in [0.717, 1.165) is 4.90 Å². The zero-order valence-corrected chi connectivity index (χ0v) is 9.12. The van der Waals surface area contributed by atoms with Crippen molar-refractivity contribution in [1.29, 1.82) is 0 Å². The van der Waals surface area contributed by atoms with Crippen LogP contribution in [0.2, 0.25) is 0 Å². The molecule has 0 saturated carbocycles. The van der Waals surface area contributed by atoms with E-state index in [0.29, 0.717) is 11.3 Å². The van der Waals surface area contributed by atoms with Gasteiger partial charge in [0.25, 0.3) is 5.91 Å². The zero-order valence-electron chi connectivity index (χ0n) is 9.12. The summed E-state index contributed by atoms with van der Waals surface area (Å²) in [6.07, 6.45) is 1.26. The molecule has 1 atom stereocenters. The number of carbonyl (C=O) groups excluding carboxylic acids is 2. The Morgan fingerprint density at radius 1 is 1.35 bits per heavy atom. The third kappa shape index (κ3) is 1.96. The van der Waals surface area contributed by atoms with E-state index >= 15 is 0 Å². The molecule has 1 fully saturated rings. The van der Waals surface area contributed by atoms with Crippen LogP contribution < -0.4 is 10.2 Å². The Balaban J connectivity index is 2.28. The number of benzene rings is 1. The molecule has 17 heavy (non-hydrogen) atoms. The summed E-state index contributed by atoms with van der Waals surface area (Å²) in [6, 6.07) is 5.61. The highest BCUT2D eigenvalue weighted by molar-refractivity contribution is 6.21. The van der Waals surface area contributed by atoms with Gasteiger partial charge in [-0.1, -0.05) is 17.3 Å². The minimum atomic E-state index is -0.499. The largest absolute Gasteiger partial charge is 0.411 e. The Labute approximate surface area is 97.5 Å². The third-order valence-electron chi connectivity index (χ3n) is 2.49. The van der Waals surface area contributed by atoms with Gasteiger partial charge in [-0.3, -0.25) is 4.79 Å². The van der Waals surface area contributed by atoms with Gasteiger partial charge in [-0.05, 0) is 24.6 Å². The highest BCUT2D eigenvalue weighted by Crippen LogP contribution is 2.19. The van der Waals surface area contributed by atoms with Crippen molar-refractivity contribution in [2.75, 3.05) is 4.90 Å². The Morgan fingerprint density at radius 2 is 2.00 bits per heavy atom. The molecule has 0 radical (unpaired) electrons. The van der Waals surface area contributed by atoms with Gasteiger partial charge in [-0.15, -0.1) is 0 Å². The van der Waals surface area contributed by atoms with Crippen LogP contribution in [0.15, 0.2) is 29.4 Å². The molecular formula is C11H11N3O3. The van der Waals surface area contributed by atoms with Gasteiger partial charge in [0, 0.05) is 0 Å². The normalized spacial score (nSPS) is 20.1. The summed E-state index contributed by atoms with van der Waals surface area (Å²) in [6.45, 7) is 1.63. The molecule has 1 heterocycles. The average molecular weight is 233 g/mol. The zero-order chi connectivity index (χ0) is 12.4. The molecule has 2 N–H and O–H groups in total. The number of nitrogens with one attached hydrogen (secondary N) is 1. The van der Waals surface area contributed by atoms with Gasteiger partial charge < -0.3 is 10.5 Å². The van der Waals surface area contributed by atoms with Crippen molar-refractivity contribution in [1.82, 2.24) is 5.32 Å². The van der Waals surface area contributed by atoms with Crippen LogP contribution in [0.25, 0.3) is 0 Å². The van der Waals surface area contributed by atoms with Crippen molar-refractivity contribution in [3.05, 3.63) is 29.8 Å². The maximum atomic E-state index is 11.7. The standard InChI is InChI=1S/C11H11N3O3/c1-7-10(15)14(11(16)13-7)9-4-2-8(3-5-9)6-12-17/h2-7,17H,1H3,(H,13,16). The highest BCUT2D eigenvalue weighted by atomic mass is 16.4. The first-order chi connectivity index (χ1) is 8.13. The monoisotopic (exact) mass is 233 g/mol. The molecule has 1 aromatic rings. The summed E-state index contributed by atoms with van der Waals surface area (Å²) in [5.41, 5.74) is 1.17. The van der Waals surface area contributed by atoms with Gasteiger partial charge in [0.2, 0.25) is 0 Å². The molecule has 1 saturated heterocycles. The van der Waals surface area contributed by atoms with E-state index in [9.17, 15) is 9.59 Å². The summed E-state index contributed by atoms with van der Waals surface area (Å²) < 4.78 is 0.